The van der Waals surface area contributed by atoms with E-state index in [4.69, 9.17) is 9.90 Å². The lowest BCUT2D eigenvalue weighted by Gasteiger charge is -2.13. The van der Waals surface area contributed by atoms with Crippen molar-refractivity contribution in [3.8, 4) is 0 Å². The molecule has 3 rings (SSSR count). The highest BCUT2D eigenvalue weighted by Crippen LogP contribution is 2.19. The molecule has 1 aromatic carbocycles. The average molecular weight is 384 g/mol. The van der Waals surface area contributed by atoms with E-state index in [1.807, 2.05) is 30.3 Å². The molecule has 0 saturated carbocycles. The quantitative estimate of drug-likeness (QED) is 0.647. The molecule has 1 aromatic heterocycles. The Morgan fingerprint density at radius 2 is 1.89 bits per heavy atom. The van der Waals surface area contributed by atoms with Gasteiger partial charge in [0, 0.05) is 37.2 Å². The van der Waals surface area contributed by atoms with Gasteiger partial charge in [-0.2, -0.15) is 18.3 Å². The molecular weight excluding hydrogens is 365 g/mol. The Morgan fingerprint density at radius 3 is 2.52 bits per heavy atom. The Hall–Kier alpha value is -2.88. The van der Waals surface area contributed by atoms with Crippen molar-refractivity contribution in [2.24, 2.45) is 0 Å². The smallest absolute Gasteiger partial charge is 0.475 e. The van der Waals surface area contributed by atoms with Gasteiger partial charge in [-0.1, -0.05) is 30.3 Å². The fourth-order valence-electron chi connectivity index (χ4n) is 2.43. The van der Waals surface area contributed by atoms with E-state index < -0.39 is 12.1 Å². The lowest BCUT2D eigenvalue weighted by molar-refractivity contribution is -0.192. The van der Waals surface area contributed by atoms with Crippen molar-refractivity contribution in [3.63, 3.8) is 0 Å². The number of carbonyl (C=O) groups excluding carboxylic acids is 1. The number of halogens is 3. The molecule has 1 amide bonds. The number of alkyl halides is 3. The van der Waals surface area contributed by atoms with E-state index >= 15 is 0 Å². The third-order valence-electron chi connectivity index (χ3n) is 3.79. The SMILES string of the molecule is O=C(CCc1ccccc1)Nc1n[nH]c2c1CNCC2.O=C(O)C(F)(F)F. The molecule has 0 radical (unpaired) electrons. The zero-order valence-corrected chi connectivity index (χ0v) is 14.3. The Bertz CT molecular complexity index is 775. The Labute approximate surface area is 153 Å². The second kappa shape index (κ2) is 9.17. The number of nitrogens with zero attached hydrogens (tertiary/aromatic N) is 1. The first-order valence-corrected chi connectivity index (χ1v) is 8.18. The number of aromatic amines is 1. The highest BCUT2D eigenvalue weighted by molar-refractivity contribution is 5.90. The van der Waals surface area contributed by atoms with Crippen LogP contribution in [-0.2, 0) is 29.0 Å². The fourth-order valence-corrected chi connectivity index (χ4v) is 2.43. The molecule has 1 aliphatic rings. The molecule has 7 nitrogen and oxygen atoms in total. The maximum atomic E-state index is 12.0. The first kappa shape index (κ1) is 20.4. The summed E-state index contributed by atoms with van der Waals surface area (Å²) in [4.78, 5) is 20.9. The van der Waals surface area contributed by atoms with Crippen molar-refractivity contribution in [2.75, 3.05) is 11.9 Å². The number of rotatable bonds is 4. The summed E-state index contributed by atoms with van der Waals surface area (Å²) in [5, 5.41) is 20.5. The van der Waals surface area contributed by atoms with Crippen LogP contribution in [0.15, 0.2) is 30.3 Å². The number of aromatic nitrogens is 2. The number of hydrogen-bond acceptors (Lipinski definition) is 4. The Balaban J connectivity index is 0.000000321. The number of carboxylic acids is 1. The zero-order chi connectivity index (χ0) is 19.9. The number of anilines is 1. The highest BCUT2D eigenvalue weighted by atomic mass is 19.4. The number of nitrogens with one attached hydrogen (secondary N) is 3. The van der Waals surface area contributed by atoms with Crippen LogP contribution in [-0.4, -0.2) is 39.9 Å². The second-order valence-electron chi connectivity index (χ2n) is 5.79. The van der Waals surface area contributed by atoms with Gasteiger partial charge in [0.25, 0.3) is 0 Å². The van der Waals surface area contributed by atoms with Crippen molar-refractivity contribution in [1.29, 1.82) is 0 Å². The Kier molecular flexibility index (Phi) is 6.94. The number of aliphatic carboxylic acids is 1. The number of amides is 1. The molecule has 0 fully saturated rings. The van der Waals surface area contributed by atoms with Crippen LogP contribution in [0.4, 0.5) is 19.0 Å². The summed E-state index contributed by atoms with van der Waals surface area (Å²) in [5.41, 5.74) is 3.39. The molecule has 4 N–H and O–H groups in total. The normalized spacial score (nSPS) is 13.1. The van der Waals surface area contributed by atoms with E-state index in [2.05, 4.69) is 20.8 Å². The summed E-state index contributed by atoms with van der Waals surface area (Å²) in [6.45, 7) is 1.72. The van der Waals surface area contributed by atoms with E-state index in [0.717, 1.165) is 37.2 Å². The number of H-pyrrole nitrogens is 1. The van der Waals surface area contributed by atoms with Crippen LogP contribution in [0, 0.1) is 0 Å². The largest absolute Gasteiger partial charge is 0.490 e. The van der Waals surface area contributed by atoms with Gasteiger partial charge in [0.15, 0.2) is 5.82 Å². The molecule has 0 atom stereocenters. The second-order valence-corrected chi connectivity index (χ2v) is 5.79. The standard InChI is InChI=1S/C15H18N4O.C2HF3O2/c20-14(7-6-11-4-2-1-3-5-11)17-15-12-10-16-9-8-13(12)18-19-15;3-2(4,5)1(6)7/h1-5,16H,6-10H2,(H2,17,18,19,20);(H,6,7). The Morgan fingerprint density at radius 1 is 1.22 bits per heavy atom. The van der Waals surface area contributed by atoms with Gasteiger partial charge < -0.3 is 15.7 Å². The van der Waals surface area contributed by atoms with Gasteiger partial charge in [-0.3, -0.25) is 9.89 Å². The van der Waals surface area contributed by atoms with E-state index in [9.17, 15) is 18.0 Å². The minimum atomic E-state index is -5.08. The first-order valence-electron chi connectivity index (χ1n) is 8.18. The maximum absolute atomic E-state index is 12.0. The van der Waals surface area contributed by atoms with Crippen molar-refractivity contribution < 1.29 is 27.9 Å². The molecule has 146 valence electrons. The lowest BCUT2D eigenvalue weighted by Crippen LogP contribution is -2.24. The number of carboxylic acid groups (broad SMARTS) is 1. The summed E-state index contributed by atoms with van der Waals surface area (Å²) in [7, 11) is 0. The number of hydrogen-bond donors (Lipinski definition) is 4. The van der Waals surface area contributed by atoms with Crippen LogP contribution < -0.4 is 10.6 Å². The molecular formula is C17H19F3N4O3. The van der Waals surface area contributed by atoms with Crippen molar-refractivity contribution >= 4 is 17.7 Å². The molecule has 10 heteroatoms. The number of carbonyl (C=O) groups is 2. The van der Waals surface area contributed by atoms with Crippen molar-refractivity contribution in [3.05, 3.63) is 47.2 Å². The minimum Gasteiger partial charge on any atom is -0.475 e. The highest BCUT2D eigenvalue weighted by Gasteiger charge is 2.38. The molecule has 0 unspecified atom stereocenters. The third-order valence-corrected chi connectivity index (χ3v) is 3.79. The lowest BCUT2D eigenvalue weighted by atomic mass is 10.1. The molecule has 2 heterocycles. The van der Waals surface area contributed by atoms with Gasteiger partial charge in [0.2, 0.25) is 5.91 Å². The van der Waals surface area contributed by atoms with Crippen LogP contribution in [0.5, 0.6) is 0 Å². The monoisotopic (exact) mass is 384 g/mol. The zero-order valence-electron chi connectivity index (χ0n) is 14.3. The number of aryl methyl sites for hydroxylation is 1. The van der Waals surface area contributed by atoms with Gasteiger partial charge in [-0.15, -0.1) is 0 Å². The molecule has 2 aromatic rings. The number of benzene rings is 1. The summed E-state index contributed by atoms with van der Waals surface area (Å²) in [6.07, 6.45) is -2.93. The van der Waals surface area contributed by atoms with E-state index in [-0.39, 0.29) is 5.91 Å². The topological polar surface area (TPSA) is 107 Å². The fraction of sp³-hybridized carbons (Fsp3) is 0.353. The molecule has 27 heavy (non-hydrogen) atoms. The summed E-state index contributed by atoms with van der Waals surface area (Å²) >= 11 is 0. The summed E-state index contributed by atoms with van der Waals surface area (Å²) < 4.78 is 31.7. The van der Waals surface area contributed by atoms with Gasteiger partial charge in [-0.25, -0.2) is 4.79 Å². The van der Waals surface area contributed by atoms with Gasteiger partial charge >= 0.3 is 12.1 Å². The van der Waals surface area contributed by atoms with E-state index in [1.54, 1.807) is 0 Å². The molecule has 1 aliphatic heterocycles. The van der Waals surface area contributed by atoms with E-state index in [0.29, 0.717) is 12.2 Å². The van der Waals surface area contributed by atoms with Gasteiger partial charge in [-0.05, 0) is 12.0 Å². The third kappa shape index (κ3) is 6.41. The summed E-state index contributed by atoms with van der Waals surface area (Å²) in [6, 6.07) is 10.0. The predicted molar refractivity (Wildman–Crippen MR) is 91.1 cm³/mol. The summed E-state index contributed by atoms with van der Waals surface area (Å²) in [5.74, 6) is -2.08. The van der Waals surface area contributed by atoms with Crippen LogP contribution in [0.3, 0.4) is 0 Å². The molecule has 0 saturated heterocycles. The first-order chi connectivity index (χ1) is 12.8. The van der Waals surface area contributed by atoms with Gasteiger partial charge in [0.05, 0.1) is 0 Å². The maximum Gasteiger partial charge on any atom is 0.490 e. The molecule has 0 spiro atoms. The van der Waals surface area contributed by atoms with Crippen LogP contribution >= 0.6 is 0 Å². The van der Waals surface area contributed by atoms with Crippen LogP contribution in [0.25, 0.3) is 0 Å². The minimum absolute atomic E-state index is 0.00808. The van der Waals surface area contributed by atoms with Crippen LogP contribution in [0.1, 0.15) is 23.2 Å². The molecule has 0 aliphatic carbocycles. The number of fused-ring (bicyclic) bond motifs is 1. The van der Waals surface area contributed by atoms with E-state index in [1.165, 1.54) is 5.56 Å². The predicted octanol–water partition coefficient (Wildman–Crippen LogP) is 2.26. The average Bonchev–Trinajstić information content (AvgIpc) is 3.04. The van der Waals surface area contributed by atoms with Crippen molar-refractivity contribution in [2.45, 2.75) is 32.0 Å². The molecule has 0 bridgehead atoms. The van der Waals surface area contributed by atoms with Crippen LogP contribution in [0.2, 0.25) is 0 Å². The van der Waals surface area contributed by atoms with Gasteiger partial charge in [0.1, 0.15) is 0 Å². The van der Waals surface area contributed by atoms with Crippen molar-refractivity contribution in [1.82, 2.24) is 15.5 Å².